The monoisotopic (exact) mass is 132 g/mol. The highest BCUT2D eigenvalue weighted by atomic mass is 16.5. The van der Waals surface area contributed by atoms with Gasteiger partial charge in [-0.25, -0.2) is 0 Å². The fourth-order valence-corrected chi connectivity index (χ4v) is 0.290. The first-order chi connectivity index (χ1) is 4.16. The second-order valence-electron chi connectivity index (χ2n) is 1.87. The molecule has 4 heteroatoms. The second-order valence-corrected chi connectivity index (χ2v) is 1.87. The molecule has 0 aliphatic carbocycles. The molecule has 9 heavy (non-hydrogen) atoms. The molecular weight excluding hydrogens is 120 g/mol. The van der Waals surface area contributed by atoms with E-state index in [1.165, 1.54) is 6.92 Å². The van der Waals surface area contributed by atoms with Crippen molar-refractivity contribution in [3.63, 3.8) is 0 Å². The van der Waals surface area contributed by atoms with Crippen LogP contribution in [0.2, 0.25) is 0 Å². The molecular formula is C5H12N2O2. The molecule has 0 fully saturated rings. The van der Waals surface area contributed by atoms with Gasteiger partial charge in [-0.2, -0.15) is 0 Å². The molecule has 54 valence electrons. The Kier molecular flexibility index (Phi) is 4.00. The smallest absolute Gasteiger partial charge is 0.302 e. The zero-order valence-electron chi connectivity index (χ0n) is 5.68. The molecule has 0 aromatic carbocycles. The standard InChI is InChI=1S/C5H12N2O2/c1-4(7-6)3-9-5(2)8/h4,7H,3,6H2,1-2H3. The summed E-state index contributed by atoms with van der Waals surface area (Å²) in [4.78, 5) is 10.2. The van der Waals surface area contributed by atoms with E-state index in [0.717, 1.165) is 0 Å². The van der Waals surface area contributed by atoms with Gasteiger partial charge in [-0.3, -0.25) is 16.1 Å². The van der Waals surface area contributed by atoms with Crippen LogP contribution in [0.5, 0.6) is 0 Å². The quantitative estimate of drug-likeness (QED) is 0.306. The van der Waals surface area contributed by atoms with E-state index in [2.05, 4.69) is 10.2 Å². The van der Waals surface area contributed by atoms with E-state index in [0.29, 0.717) is 6.61 Å². The van der Waals surface area contributed by atoms with E-state index < -0.39 is 0 Å². The van der Waals surface area contributed by atoms with Crippen molar-refractivity contribution in [2.75, 3.05) is 6.61 Å². The van der Waals surface area contributed by atoms with Crippen LogP contribution in [0.25, 0.3) is 0 Å². The summed E-state index contributed by atoms with van der Waals surface area (Å²) in [5.41, 5.74) is 2.44. The Hall–Kier alpha value is -0.610. The lowest BCUT2D eigenvalue weighted by atomic mass is 10.4. The topological polar surface area (TPSA) is 64.3 Å². The normalized spacial score (nSPS) is 12.8. The van der Waals surface area contributed by atoms with Gasteiger partial charge in [0.2, 0.25) is 0 Å². The van der Waals surface area contributed by atoms with E-state index in [9.17, 15) is 4.79 Å². The van der Waals surface area contributed by atoms with Crippen LogP contribution in [-0.2, 0) is 9.53 Å². The molecule has 0 aliphatic heterocycles. The first-order valence-corrected chi connectivity index (χ1v) is 2.76. The number of carbonyl (C=O) groups is 1. The number of hydrogen-bond acceptors (Lipinski definition) is 4. The molecule has 0 saturated heterocycles. The van der Waals surface area contributed by atoms with Gasteiger partial charge in [-0.1, -0.05) is 0 Å². The third-order valence-electron chi connectivity index (χ3n) is 0.821. The molecule has 0 spiro atoms. The van der Waals surface area contributed by atoms with Crippen LogP contribution < -0.4 is 11.3 Å². The Morgan fingerprint density at radius 2 is 2.44 bits per heavy atom. The number of hydrazine groups is 1. The molecule has 4 nitrogen and oxygen atoms in total. The number of rotatable bonds is 3. The van der Waals surface area contributed by atoms with Gasteiger partial charge in [0, 0.05) is 6.92 Å². The van der Waals surface area contributed by atoms with Gasteiger partial charge >= 0.3 is 5.97 Å². The summed E-state index contributed by atoms with van der Waals surface area (Å²) in [6, 6.07) is 0.0221. The van der Waals surface area contributed by atoms with E-state index in [1.807, 2.05) is 6.92 Å². The Morgan fingerprint density at radius 3 is 2.78 bits per heavy atom. The maximum absolute atomic E-state index is 10.2. The SMILES string of the molecule is CC(=O)OCC(C)NN. The van der Waals surface area contributed by atoms with Crippen molar-refractivity contribution in [2.24, 2.45) is 5.84 Å². The lowest BCUT2D eigenvalue weighted by Crippen LogP contribution is -2.36. The molecule has 1 atom stereocenters. The van der Waals surface area contributed by atoms with E-state index in [4.69, 9.17) is 5.84 Å². The van der Waals surface area contributed by atoms with Gasteiger partial charge in [0.05, 0.1) is 6.04 Å². The summed E-state index contributed by atoms with van der Waals surface area (Å²) in [6.07, 6.45) is 0. The third kappa shape index (κ3) is 5.26. The van der Waals surface area contributed by atoms with Crippen LogP contribution in [-0.4, -0.2) is 18.6 Å². The van der Waals surface area contributed by atoms with Crippen molar-refractivity contribution in [2.45, 2.75) is 19.9 Å². The van der Waals surface area contributed by atoms with Crippen LogP contribution in [0, 0.1) is 0 Å². The number of ether oxygens (including phenoxy) is 1. The first-order valence-electron chi connectivity index (χ1n) is 2.76. The lowest BCUT2D eigenvalue weighted by molar-refractivity contribution is -0.141. The van der Waals surface area contributed by atoms with Crippen molar-refractivity contribution in [3.8, 4) is 0 Å². The lowest BCUT2D eigenvalue weighted by Gasteiger charge is -2.07. The molecule has 0 aliphatic rings. The van der Waals surface area contributed by atoms with Crippen molar-refractivity contribution in [1.29, 1.82) is 0 Å². The Bertz CT molecular complexity index is 95.0. The van der Waals surface area contributed by atoms with Crippen LogP contribution in [0.3, 0.4) is 0 Å². The van der Waals surface area contributed by atoms with Gasteiger partial charge in [0.15, 0.2) is 0 Å². The van der Waals surface area contributed by atoms with Crippen LogP contribution in [0.4, 0.5) is 0 Å². The van der Waals surface area contributed by atoms with Crippen molar-refractivity contribution in [3.05, 3.63) is 0 Å². The molecule has 3 N–H and O–H groups in total. The maximum atomic E-state index is 10.2. The van der Waals surface area contributed by atoms with Crippen LogP contribution >= 0.6 is 0 Å². The fraction of sp³-hybridized carbons (Fsp3) is 0.800. The maximum Gasteiger partial charge on any atom is 0.302 e. The number of carbonyl (C=O) groups excluding carboxylic acids is 1. The van der Waals surface area contributed by atoms with Gasteiger partial charge in [-0.15, -0.1) is 0 Å². The van der Waals surface area contributed by atoms with Gasteiger partial charge in [0.1, 0.15) is 6.61 Å². The summed E-state index contributed by atoms with van der Waals surface area (Å²) in [7, 11) is 0. The Morgan fingerprint density at radius 1 is 1.89 bits per heavy atom. The number of hydrogen-bond donors (Lipinski definition) is 2. The van der Waals surface area contributed by atoms with E-state index >= 15 is 0 Å². The van der Waals surface area contributed by atoms with Crippen LogP contribution in [0.15, 0.2) is 0 Å². The molecule has 0 saturated carbocycles. The molecule has 1 unspecified atom stereocenters. The average molecular weight is 132 g/mol. The molecule has 0 rings (SSSR count). The van der Waals surface area contributed by atoms with Crippen molar-refractivity contribution < 1.29 is 9.53 Å². The molecule has 0 aromatic heterocycles. The summed E-state index contributed by atoms with van der Waals surface area (Å²) >= 11 is 0. The Balaban J connectivity index is 3.16. The molecule has 0 bridgehead atoms. The Labute approximate surface area is 54.3 Å². The summed E-state index contributed by atoms with van der Waals surface area (Å²) < 4.78 is 4.61. The van der Waals surface area contributed by atoms with Crippen molar-refractivity contribution >= 4 is 5.97 Å². The average Bonchev–Trinajstić information content (AvgIpc) is 1.83. The number of nitrogens with one attached hydrogen (secondary N) is 1. The second kappa shape index (κ2) is 4.29. The van der Waals surface area contributed by atoms with Crippen LogP contribution in [0.1, 0.15) is 13.8 Å². The number of nitrogens with two attached hydrogens (primary N) is 1. The highest BCUT2D eigenvalue weighted by Crippen LogP contribution is 1.81. The molecule has 0 radical (unpaired) electrons. The summed E-state index contributed by atoms with van der Waals surface area (Å²) in [5.74, 6) is 4.74. The highest BCUT2D eigenvalue weighted by molar-refractivity contribution is 5.65. The molecule has 0 heterocycles. The largest absolute Gasteiger partial charge is 0.464 e. The zero-order valence-corrected chi connectivity index (χ0v) is 5.68. The van der Waals surface area contributed by atoms with E-state index in [1.54, 1.807) is 0 Å². The highest BCUT2D eigenvalue weighted by Gasteiger charge is 1.98. The predicted octanol–water partition coefficient (Wildman–Crippen LogP) is -0.599. The van der Waals surface area contributed by atoms with Crippen molar-refractivity contribution in [1.82, 2.24) is 5.43 Å². The summed E-state index contributed by atoms with van der Waals surface area (Å²) in [6.45, 7) is 3.51. The minimum atomic E-state index is -0.280. The fourth-order valence-electron chi connectivity index (χ4n) is 0.290. The summed E-state index contributed by atoms with van der Waals surface area (Å²) in [5, 5.41) is 0. The number of esters is 1. The zero-order chi connectivity index (χ0) is 7.28. The minimum absolute atomic E-state index is 0.0221. The van der Waals surface area contributed by atoms with Gasteiger partial charge < -0.3 is 4.74 Å². The first kappa shape index (κ1) is 8.39. The van der Waals surface area contributed by atoms with E-state index in [-0.39, 0.29) is 12.0 Å². The van der Waals surface area contributed by atoms with Gasteiger partial charge in [-0.05, 0) is 6.92 Å². The third-order valence-corrected chi connectivity index (χ3v) is 0.821. The minimum Gasteiger partial charge on any atom is -0.464 e. The van der Waals surface area contributed by atoms with Gasteiger partial charge in [0.25, 0.3) is 0 Å². The predicted molar refractivity (Wildman–Crippen MR) is 33.4 cm³/mol. The molecule has 0 aromatic rings. The molecule has 0 amide bonds.